The second-order valence-corrected chi connectivity index (χ2v) is 4.77. The number of rotatable bonds is 4. The van der Waals surface area contributed by atoms with Crippen molar-refractivity contribution in [3.63, 3.8) is 0 Å². The van der Waals surface area contributed by atoms with E-state index in [1.165, 1.54) is 13.0 Å². The van der Waals surface area contributed by atoms with Crippen LogP contribution in [0, 0.1) is 17.1 Å². The SMILES string of the molecule is CC(=O)OCCc1c(-c2cc(F)cnc2N)cn(C)c1C#N. The third-order valence-corrected chi connectivity index (χ3v) is 3.23. The van der Waals surface area contributed by atoms with E-state index in [1.807, 2.05) is 0 Å². The molecule has 7 heteroatoms. The number of hydrogen-bond donors (Lipinski definition) is 1. The number of nitrogens with zero attached hydrogens (tertiary/aromatic N) is 3. The molecule has 0 bridgehead atoms. The number of esters is 1. The topological polar surface area (TPSA) is 93.9 Å². The highest BCUT2D eigenvalue weighted by Gasteiger charge is 2.18. The molecule has 0 aliphatic carbocycles. The van der Waals surface area contributed by atoms with Gasteiger partial charge in [-0.2, -0.15) is 5.26 Å². The summed E-state index contributed by atoms with van der Waals surface area (Å²) in [5.74, 6) is -0.745. The van der Waals surface area contributed by atoms with Gasteiger partial charge in [-0.15, -0.1) is 0 Å². The van der Waals surface area contributed by atoms with Gasteiger partial charge in [-0.3, -0.25) is 4.79 Å². The first-order valence-electron chi connectivity index (χ1n) is 6.57. The maximum atomic E-state index is 13.5. The standard InChI is InChI=1S/C15H15FN4O2/c1-9(21)22-4-3-11-13(8-20(2)14(11)6-17)12-5-10(16)7-19-15(12)18/h5,7-8H,3-4H2,1-2H3,(H2,18,19). The second-order valence-electron chi connectivity index (χ2n) is 4.77. The molecule has 0 aromatic carbocycles. The van der Waals surface area contributed by atoms with Crippen LogP contribution in [0.5, 0.6) is 0 Å². The lowest BCUT2D eigenvalue weighted by molar-refractivity contribution is -0.140. The molecule has 0 saturated carbocycles. The van der Waals surface area contributed by atoms with Crippen LogP contribution < -0.4 is 5.73 Å². The summed E-state index contributed by atoms with van der Waals surface area (Å²) in [4.78, 5) is 14.7. The molecule has 0 atom stereocenters. The van der Waals surface area contributed by atoms with Crippen molar-refractivity contribution >= 4 is 11.8 Å². The molecule has 2 rings (SSSR count). The summed E-state index contributed by atoms with van der Waals surface area (Å²) in [5, 5.41) is 9.29. The Balaban J connectivity index is 2.49. The first-order chi connectivity index (χ1) is 10.4. The number of nitrogens with two attached hydrogens (primary N) is 1. The molecule has 0 unspecified atom stereocenters. The van der Waals surface area contributed by atoms with E-state index in [0.29, 0.717) is 28.8 Å². The molecule has 2 N–H and O–H groups in total. The molecule has 0 spiro atoms. The number of pyridine rings is 1. The monoisotopic (exact) mass is 302 g/mol. The highest BCUT2D eigenvalue weighted by molar-refractivity contribution is 5.77. The minimum Gasteiger partial charge on any atom is -0.466 e. The molecule has 22 heavy (non-hydrogen) atoms. The van der Waals surface area contributed by atoms with E-state index >= 15 is 0 Å². The van der Waals surface area contributed by atoms with Crippen LogP contribution in [0.3, 0.4) is 0 Å². The Labute approximate surface area is 126 Å². The Morgan fingerprint density at radius 1 is 1.55 bits per heavy atom. The van der Waals surface area contributed by atoms with Crippen LogP contribution in [0.15, 0.2) is 18.5 Å². The Kier molecular flexibility index (Phi) is 4.41. The quantitative estimate of drug-likeness (QED) is 0.869. The number of carbonyl (C=O) groups excluding carboxylic acids is 1. The van der Waals surface area contributed by atoms with Gasteiger partial charge in [0.05, 0.1) is 12.8 Å². The van der Waals surface area contributed by atoms with Gasteiger partial charge >= 0.3 is 5.97 Å². The maximum absolute atomic E-state index is 13.5. The molecule has 0 fully saturated rings. The number of aryl methyl sites for hydroxylation is 1. The molecular weight excluding hydrogens is 287 g/mol. The minimum atomic E-state index is -0.516. The van der Waals surface area contributed by atoms with Crippen LogP contribution in [0.25, 0.3) is 11.1 Å². The van der Waals surface area contributed by atoms with Crippen molar-refractivity contribution in [1.82, 2.24) is 9.55 Å². The van der Waals surface area contributed by atoms with Crippen molar-refractivity contribution in [2.24, 2.45) is 7.05 Å². The molecule has 0 aliphatic rings. The number of halogens is 1. The van der Waals surface area contributed by atoms with Crippen LogP contribution in [-0.4, -0.2) is 22.1 Å². The number of anilines is 1. The van der Waals surface area contributed by atoms with E-state index in [9.17, 15) is 14.4 Å². The van der Waals surface area contributed by atoms with Gasteiger partial charge in [-0.25, -0.2) is 9.37 Å². The molecule has 0 saturated heterocycles. The Morgan fingerprint density at radius 2 is 2.27 bits per heavy atom. The molecule has 0 amide bonds. The van der Waals surface area contributed by atoms with E-state index in [1.54, 1.807) is 17.8 Å². The van der Waals surface area contributed by atoms with Crippen molar-refractivity contribution in [2.45, 2.75) is 13.3 Å². The third-order valence-electron chi connectivity index (χ3n) is 3.23. The first-order valence-corrected chi connectivity index (χ1v) is 6.57. The molecule has 0 aliphatic heterocycles. The number of aromatic nitrogens is 2. The predicted molar refractivity (Wildman–Crippen MR) is 78.1 cm³/mol. The van der Waals surface area contributed by atoms with Crippen LogP contribution in [-0.2, 0) is 23.0 Å². The lowest BCUT2D eigenvalue weighted by Crippen LogP contribution is -2.05. The van der Waals surface area contributed by atoms with Gasteiger partial charge in [0.2, 0.25) is 0 Å². The van der Waals surface area contributed by atoms with Gasteiger partial charge in [0.1, 0.15) is 23.4 Å². The number of ether oxygens (including phenoxy) is 1. The third kappa shape index (κ3) is 3.06. The van der Waals surface area contributed by atoms with Crippen molar-refractivity contribution in [1.29, 1.82) is 5.26 Å². The zero-order valence-electron chi connectivity index (χ0n) is 12.3. The van der Waals surface area contributed by atoms with Crippen molar-refractivity contribution in [3.05, 3.63) is 35.5 Å². The molecule has 2 aromatic rings. The van der Waals surface area contributed by atoms with Gasteiger partial charge in [0, 0.05) is 37.7 Å². The van der Waals surface area contributed by atoms with Gasteiger partial charge in [-0.05, 0) is 11.6 Å². The fourth-order valence-electron chi connectivity index (χ4n) is 2.27. The Hall–Kier alpha value is -2.88. The van der Waals surface area contributed by atoms with E-state index in [2.05, 4.69) is 11.1 Å². The summed E-state index contributed by atoms with van der Waals surface area (Å²) < 4.78 is 20.0. The van der Waals surface area contributed by atoms with E-state index < -0.39 is 11.8 Å². The smallest absolute Gasteiger partial charge is 0.302 e. The average molecular weight is 302 g/mol. The summed E-state index contributed by atoms with van der Waals surface area (Å²) >= 11 is 0. The van der Waals surface area contributed by atoms with Crippen molar-refractivity contribution < 1.29 is 13.9 Å². The van der Waals surface area contributed by atoms with Crippen molar-refractivity contribution in [2.75, 3.05) is 12.3 Å². The summed E-state index contributed by atoms with van der Waals surface area (Å²) in [7, 11) is 1.71. The van der Waals surface area contributed by atoms with Gasteiger partial charge in [0.25, 0.3) is 0 Å². The molecule has 114 valence electrons. The zero-order valence-corrected chi connectivity index (χ0v) is 12.3. The molecular formula is C15H15FN4O2. The zero-order chi connectivity index (χ0) is 16.3. The van der Waals surface area contributed by atoms with E-state index in [0.717, 1.165) is 6.20 Å². The second kappa shape index (κ2) is 6.26. The van der Waals surface area contributed by atoms with Crippen LogP contribution in [0.4, 0.5) is 10.2 Å². The summed E-state index contributed by atoms with van der Waals surface area (Å²) in [6, 6.07) is 3.37. The fourth-order valence-corrected chi connectivity index (χ4v) is 2.27. The summed E-state index contributed by atoms with van der Waals surface area (Å²) in [6.07, 6.45) is 3.05. The van der Waals surface area contributed by atoms with E-state index in [4.69, 9.17) is 10.5 Å². The van der Waals surface area contributed by atoms with E-state index in [-0.39, 0.29) is 12.4 Å². The molecule has 2 aromatic heterocycles. The van der Waals surface area contributed by atoms with Crippen LogP contribution in [0.1, 0.15) is 18.2 Å². The molecule has 0 radical (unpaired) electrons. The predicted octanol–water partition coefficient (Wildman–Crippen LogP) is 1.79. The van der Waals surface area contributed by atoms with Crippen LogP contribution in [0.2, 0.25) is 0 Å². The number of carbonyl (C=O) groups is 1. The number of hydrogen-bond acceptors (Lipinski definition) is 5. The van der Waals surface area contributed by atoms with Gasteiger partial charge < -0.3 is 15.0 Å². The van der Waals surface area contributed by atoms with Crippen molar-refractivity contribution in [3.8, 4) is 17.2 Å². The minimum absolute atomic E-state index is 0.129. The highest BCUT2D eigenvalue weighted by atomic mass is 19.1. The Morgan fingerprint density at radius 3 is 2.91 bits per heavy atom. The summed E-state index contributed by atoms with van der Waals surface area (Å²) in [5.41, 5.74) is 7.88. The normalized spacial score (nSPS) is 10.3. The van der Waals surface area contributed by atoms with Gasteiger partial charge in [0.15, 0.2) is 0 Å². The fraction of sp³-hybridized carbons (Fsp3) is 0.267. The maximum Gasteiger partial charge on any atom is 0.302 e. The lowest BCUT2D eigenvalue weighted by atomic mass is 10.0. The number of nitriles is 1. The number of nitrogen functional groups attached to an aromatic ring is 1. The first kappa shape index (κ1) is 15.5. The average Bonchev–Trinajstić information content (AvgIpc) is 2.77. The molecule has 6 nitrogen and oxygen atoms in total. The largest absolute Gasteiger partial charge is 0.466 e. The molecule has 2 heterocycles. The Bertz CT molecular complexity index is 762. The summed E-state index contributed by atoms with van der Waals surface area (Å²) in [6.45, 7) is 1.44. The van der Waals surface area contributed by atoms with Gasteiger partial charge in [-0.1, -0.05) is 0 Å². The highest BCUT2D eigenvalue weighted by Crippen LogP contribution is 2.31. The van der Waals surface area contributed by atoms with Crippen LogP contribution >= 0.6 is 0 Å². The lowest BCUT2D eigenvalue weighted by Gasteiger charge is -2.07.